The number of para-hydroxylation sites is 1. The quantitative estimate of drug-likeness (QED) is 0.590. The van der Waals surface area contributed by atoms with Gasteiger partial charge in [-0.05, 0) is 24.6 Å². The van der Waals surface area contributed by atoms with Gasteiger partial charge in [0, 0.05) is 5.69 Å². The van der Waals surface area contributed by atoms with E-state index in [0.717, 1.165) is 16.8 Å². The zero-order valence-electron chi connectivity index (χ0n) is 11.5. The number of nitrogens with zero attached hydrogens (tertiary/aromatic N) is 1. The van der Waals surface area contributed by atoms with E-state index in [0.29, 0.717) is 5.96 Å². The molecule has 0 heterocycles. The van der Waals surface area contributed by atoms with E-state index in [-0.39, 0.29) is 6.54 Å². The molecule has 4 heteroatoms. The Labute approximate surface area is 119 Å². The average Bonchev–Trinajstić information content (AvgIpc) is 2.46. The molecular weight excluding hydrogens is 250 g/mol. The lowest BCUT2D eigenvalue weighted by Crippen LogP contribution is -2.23. The maximum atomic E-state index is 10.0. The zero-order chi connectivity index (χ0) is 14.4. The summed E-state index contributed by atoms with van der Waals surface area (Å²) in [5.74, 6) is 0.294. The number of hydrogen-bond acceptors (Lipinski definition) is 2. The fourth-order valence-corrected chi connectivity index (χ4v) is 1.79. The molecule has 2 rings (SSSR count). The standard InChI is InChI=1S/C16H19N3O/c1-12-7-9-13(10-8-12)15(20)11-18-16(17)19-14-5-3-2-4-6-14/h2-10,15,20H,11H2,1H3,(H3,17,18,19). The Hall–Kier alpha value is -2.33. The van der Waals surface area contributed by atoms with E-state index in [1.165, 1.54) is 0 Å². The first-order valence-corrected chi connectivity index (χ1v) is 6.52. The van der Waals surface area contributed by atoms with Crippen molar-refractivity contribution in [3.63, 3.8) is 0 Å². The van der Waals surface area contributed by atoms with E-state index < -0.39 is 6.10 Å². The molecule has 20 heavy (non-hydrogen) atoms. The van der Waals surface area contributed by atoms with Gasteiger partial charge in [-0.25, -0.2) is 0 Å². The minimum absolute atomic E-state index is 0.231. The fraction of sp³-hybridized carbons (Fsp3) is 0.188. The highest BCUT2D eigenvalue weighted by Gasteiger charge is 2.06. The van der Waals surface area contributed by atoms with Crippen molar-refractivity contribution >= 4 is 11.6 Å². The molecule has 0 saturated heterocycles. The SMILES string of the molecule is Cc1ccc(C(O)CN=C(N)Nc2ccccc2)cc1. The number of nitrogens with one attached hydrogen (secondary N) is 1. The summed E-state index contributed by atoms with van der Waals surface area (Å²) < 4.78 is 0. The third-order valence-corrected chi connectivity index (χ3v) is 2.94. The van der Waals surface area contributed by atoms with Crippen molar-refractivity contribution in [1.82, 2.24) is 0 Å². The van der Waals surface area contributed by atoms with Crippen molar-refractivity contribution in [3.05, 3.63) is 65.7 Å². The number of benzene rings is 2. The van der Waals surface area contributed by atoms with Crippen LogP contribution in [0.4, 0.5) is 5.69 Å². The molecule has 0 bridgehead atoms. The number of aliphatic hydroxyl groups excluding tert-OH is 1. The number of hydrogen-bond donors (Lipinski definition) is 3. The van der Waals surface area contributed by atoms with Gasteiger partial charge in [-0.1, -0.05) is 48.0 Å². The largest absolute Gasteiger partial charge is 0.386 e. The predicted molar refractivity (Wildman–Crippen MR) is 82.7 cm³/mol. The molecule has 2 aromatic rings. The van der Waals surface area contributed by atoms with Gasteiger partial charge in [0.25, 0.3) is 0 Å². The second-order valence-corrected chi connectivity index (χ2v) is 4.64. The highest BCUT2D eigenvalue weighted by Crippen LogP contribution is 2.14. The third kappa shape index (κ3) is 4.10. The van der Waals surface area contributed by atoms with E-state index in [9.17, 15) is 5.11 Å². The van der Waals surface area contributed by atoms with Crippen molar-refractivity contribution in [3.8, 4) is 0 Å². The Morgan fingerprint density at radius 2 is 1.80 bits per heavy atom. The highest BCUT2D eigenvalue weighted by molar-refractivity contribution is 5.92. The molecule has 0 fully saturated rings. The molecule has 0 saturated carbocycles. The second-order valence-electron chi connectivity index (χ2n) is 4.64. The summed E-state index contributed by atoms with van der Waals surface area (Å²) in [4.78, 5) is 4.15. The monoisotopic (exact) mass is 269 g/mol. The van der Waals surface area contributed by atoms with Crippen molar-refractivity contribution in [2.45, 2.75) is 13.0 Å². The Bertz CT molecular complexity index is 564. The van der Waals surface area contributed by atoms with E-state index in [1.54, 1.807) is 0 Å². The zero-order valence-corrected chi connectivity index (χ0v) is 11.5. The number of guanidine groups is 1. The molecule has 0 radical (unpaired) electrons. The van der Waals surface area contributed by atoms with Gasteiger partial charge in [0.05, 0.1) is 12.6 Å². The number of aryl methyl sites for hydroxylation is 1. The lowest BCUT2D eigenvalue weighted by Gasteiger charge is -2.10. The summed E-state index contributed by atoms with van der Waals surface area (Å²) in [5.41, 5.74) is 8.66. The van der Waals surface area contributed by atoms with Crippen LogP contribution in [0.2, 0.25) is 0 Å². The Morgan fingerprint density at radius 1 is 1.15 bits per heavy atom. The van der Waals surface area contributed by atoms with E-state index >= 15 is 0 Å². The van der Waals surface area contributed by atoms with Crippen molar-refractivity contribution in [2.24, 2.45) is 10.7 Å². The molecule has 0 spiro atoms. The normalized spacial score (nSPS) is 13.0. The second kappa shape index (κ2) is 6.73. The van der Waals surface area contributed by atoms with Crippen LogP contribution in [0.3, 0.4) is 0 Å². The first kappa shape index (κ1) is 14.1. The highest BCUT2D eigenvalue weighted by atomic mass is 16.3. The van der Waals surface area contributed by atoms with Crippen LogP contribution in [0.5, 0.6) is 0 Å². The summed E-state index contributed by atoms with van der Waals surface area (Å²) in [6, 6.07) is 17.3. The number of nitrogens with two attached hydrogens (primary N) is 1. The molecule has 0 aliphatic carbocycles. The van der Waals surface area contributed by atoms with E-state index in [4.69, 9.17) is 5.73 Å². The van der Waals surface area contributed by atoms with Gasteiger partial charge in [0.2, 0.25) is 0 Å². The third-order valence-electron chi connectivity index (χ3n) is 2.94. The molecule has 0 amide bonds. The summed E-state index contributed by atoms with van der Waals surface area (Å²) in [5, 5.41) is 13.0. The van der Waals surface area contributed by atoms with Crippen LogP contribution in [-0.2, 0) is 0 Å². The Kier molecular flexibility index (Phi) is 4.74. The van der Waals surface area contributed by atoms with Gasteiger partial charge >= 0.3 is 0 Å². The molecule has 0 aliphatic rings. The van der Waals surface area contributed by atoms with Gasteiger partial charge < -0.3 is 16.2 Å². The molecule has 0 aromatic heterocycles. The first-order chi connectivity index (χ1) is 9.65. The van der Waals surface area contributed by atoms with Crippen LogP contribution in [0.15, 0.2) is 59.6 Å². The summed E-state index contributed by atoms with van der Waals surface area (Å²) >= 11 is 0. The number of anilines is 1. The van der Waals surface area contributed by atoms with Crippen LogP contribution in [-0.4, -0.2) is 17.6 Å². The van der Waals surface area contributed by atoms with E-state index in [2.05, 4.69) is 10.3 Å². The van der Waals surface area contributed by atoms with Crippen LogP contribution in [0, 0.1) is 6.92 Å². The summed E-state index contributed by atoms with van der Waals surface area (Å²) in [7, 11) is 0. The molecule has 1 unspecified atom stereocenters. The molecule has 104 valence electrons. The van der Waals surface area contributed by atoms with E-state index in [1.807, 2.05) is 61.5 Å². The van der Waals surface area contributed by atoms with Crippen LogP contribution in [0.25, 0.3) is 0 Å². The summed E-state index contributed by atoms with van der Waals surface area (Å²) in [6.45, 7) is 2.24. The number of aliphatic imine (C=N–C) groups is 1. The Morgan fingerprint density at radius 3 is 2.45 bits per heavy atom. The van der Waals surface area contributed by atoms with Crippen molar-refractivity contribution in [2.75, 3.05) is 11.9 Å². The van der Waals surface area contributed by atoms with Gasteiger partial charge in [-0.3, -0.25) is 4.99 Å². The topological polar surface area (TPSA) is 70.6 Å². The average molecular weight is 269 g/mol. The molecule has 2 aromatic carbocycles. The Balaban J connectivity index is 1.93. The molecule has 4 N–H and O–H groups in total. The first-order valence-electron chi connectivity index (χ1n) is 6.52. The van der Waals surface area contributed by atoms with Crippen LogP contribution >= 0.6 is 0 Å². The predicted octanol–water partition coefficient (Wildman–Crippen LogP) is 2.46. The van der Waals surface area contributed by atoms with Crippen molar-refractivity contribution in [1.29, 1.82) is 0 Å². The molecular formula is C16H19N3O. The molecule has 1 atom stereocenters. The number of aliphatic hydroxyl groups is 1. The van der Waals surface area contributed by atoms with Crippen LogP contribution < -0.4 is 11.1 Å². The number of rotatable bonds is 4. The molecule has 4 nitrogen and oxygen atoms in total. The lowest BCUT2D eigenvalue weighted by atomic mass is 10.1. The maximum Gasteiger partial charge on any atom is 0.193 e. The fourth-order valence-electron chi connectivity index (χ4n) is 1.79. The van der Waals surface area contributed by atoms with Gasteiger partial charge in [0.1, 0.15) is 0 Å². The maximum absolute atomic E-state index is 10.0. The van der Waals surface area contributed by atoms with Gasteiger partial charge in [-0.15, -0.1) is 0 Å². The van der Waals surface area contributed by atoms with Crippen LogP contribution in [0.1, 0.15) is 17.2 Å². The lowest BCUT2D eigenvalue weighted by molar-refractivity contribution is 0.187. The van der Waals surface area contributed by atoms with Gasteiger partial charge in [-0.2, -0.15) is 0 Å². The summed E-state index contributed by atoms with van der Waals surface area (Å²) in [6.07, 6.45) is -0.647. The minimum Gasteiger partial charge on any atom is -0.386 e. The smallest absolute Gasteiger partial charge is 0.193 e. The molecule has 0 aliphatic heterocycles. The van der Waals surface area contributed by atoms with Gasteiger partial charge in [0.15, 0.2) is 5.96 Å². The van der Waals surface area contributed by atoms with Crippen molar-refractivity contribution < 1.29 is 5.11 Å². The minimum atomic E-state index is -0.647.